The zero-order valence-corrected chi connectivity index (χ0v) is 18.0. The molecule has 1 rings (SSSR count). The lowest BCUT2D eigenvalue weighted by Crippen LogP contribution is -2.50. The van der Waals surface area contributed by atoms with Gasteiger partial charge in [-0.25, -0.2) is 9.59 Å². The molecule has 0 spiro atoms. The average Bonchev–Trinajstić information content (AvgIpc) is 2.72. The van der Waals surface area contributed by atoms with Crippen LogP contribution in [0.5, 0.6) is 0 Å². The molecule has 184 valence electrons. The second kappa shape index (κ2) is 15.3. The van der Waals surface area contributed by atoms with Crippen molar-refractivity contribution in [2.75, 3.05) is 6.61 Å². The lowest BCUT2D eigenvalue weighted by Gasteiger charge is -2.16. The average molecular weight is 470 g/mol. The van der Waals surface area contributed by atoms with Gasteiger partial charge in [-0.15, -0.1) is 0 Å². The molecule has 10 N–H and O–H groups in total. The third kappa shape index (κ3) is 13.5. The van der Waals surface area contributed by atoms with Crippen LogP contribution in [0.3, 0.4) is 0 Å². The minimum atomic E-state index is -1.34. The molecule has 0 saturated carbocycles. The number of hydrogen-bond donors (Lipinski definition) is 8. The molecule has 0 saturated heterocycles. The smallest absolute Gasteiger partial charge is 0.326 e. The topological polar surface area (TPSA) is 242 Å². The van der Waals surface area contributed by atoms with Crippen molar-refractivity contribution in [3.05, 3.63) is 35.9 Å². The Kier molecular flexibility index (Phi) is 13.6. The highest BCUT2D eigenvalue weighted by molar-refractivity contribution is 5.88. The molecular formula is C20H30N4O9. The molecule has 13 heteroatoms. The van der Waals surface area contributed by atoms with Crippen molar-refractivity contribution in [1.82, 2.24) is 10.6 Å². The monoisotopic (exact) mass is 470 g/mol. The highest BCUT2D eigenvalue weighted by atomic mass is 16.4. The molecule has 0 heterocycles. The van der Waals surface area contributed by atoms with Crippen molar-refractivity contribution >= 4 is 29.7 Å². The molecule has 1 aromatic carbocycles. The minimum absolute atomic E-state index is 0.167. The van der Waals surface area contributed by atoms with Crippen molar-refractivity contribution in [2.24, 2.45) is 11.5 Å². The Balaban J connectivity index is 0.000000633. The summed E-state index contributed by atoms with van der Waals surface area (Å²) in [7, 11) is 0. The maximum Gasteiger partial charge on any atom is 0.326 e. The number of hydrogen-bond acceptors (Lipinski definition) is 8. The van der Waals surface area contributed by atoms with E-state index < -0.39 is 66.9 Å². The second-order valence-electron chi connectivity index (χ2n) is 7.06. The van der Waals surface area contributed by atoms with Crippen molar-refractivity contribution < 1.29 is 44.4 Å². The van der Waals surface area contributed by atoms with E-state index >= 15 is 0 Å². The number of carboxylic acid groups (broad SMARTS) is 2. The summed E-state index contributed by atoms with van der Waals surface area (Å²) in [5.41, 5.74) is 10.9. The number of carbonyl (C=O) groups excluding carboxylic acids is 3. The number of carbonyl (C=O) groups is 5. The van der Waals surface area contributed by atoms with Crippen molar-refractivity contribution in [2.45, 2.75) is 50.4 Å². The van der Waals surface area contributed by atoms with Crippen molar-refractivity contribution in [3.63, 3.8) is 0 Å². The maximum atomic E-state index is 11.4. The lowest BCUT2D eigenvalue weighted by molar-refractivity contribution is -0.143. The van der Waals surface area contributed by atoms with E-state index in [2.05, 4.69) is 10.6 Å². The Morgan fingerprint density at radius 3 is 1.91 bits per heavy atom. The molecule has 0 bridgehead atoms. The van der Waals surface area contributed by atoms with Gasteiger partial charge >= 0.3 is 11.9 Å². The van der Waals surface area contributed by atoms with Gasteiger partial charge in [0.05, 0.1) is 25.6 Å². The van der Waals surface area contributed by atoms with Gasteiger partial charge in [-0.2, -0.15) is 0 Å². The summed E-state index contributed by atoms with van der Waals surface area (Å²) >= 11 is 0. The first-order valence-electron chi connectivity index (χ1n) is 9.79. The van der Waals surface area contributed by atoms with Crippen LogP contribution in [0, 0.1) is 0 Å². The molecule has 33 heavy (non-hydrogen) atoms. The van der Waals surface area contributed by atoms with E-state index in [1.54, 1.807) is 24.3 Å². The zero-order chi connectivity index (χ0) is 25.6. The maximum absolute atomic E-state index is 11.4. The predicted molar refractivity (Wildman–Crippen MR) is 114 cm³/mol. The summed E-state index contributed by atoms with van der Waals surface area (Å²) in [6.07, 6.45) is -1.39. The molecule has 0 aromatic heterocycles. The molecular weight excluding hydrogens is 440 g/mol. The number of rotatable bonds is 12. The number of amides is 3. The van der Waals surface area contributed by atoms with Gasteiger partial charge in [0.2, 0.25) is 17.7 Å². The van der Waals surface area contributed by atoms with Gasteiger partial charge in [-0.3, -0.25) is 14.4 Å². The summed E-state index contributed by atoms with van der Waals surface area (Å²) in [6, 6.07) is 5.43. The van der Waals surface area contributed by atoms with Gasteiger partial charge in [0, 0.05) is 6.42 Å². The quantitative estimate of drug-likeness (QED) is 0.157. The lowest BCUT2D eigenvalue weighted by atomic mass is 10.1. The van der Waals surface area contributed by atoms with Crippen LogP contribution in [0.2, 0.25) is 0 Å². The fourth-order valence-corrected chi connectivity index (χ4v) is 2.33. The van der Waals surface area contributed by atoms with Gasteiger partial charge in [-0.1, -0.05) is 30.3 Å². The summed E-state index contributed by atoms with van der Waals surface area (Å²) in [6.45, 7) is 0.868. The van der Waals surface area contributed by atoms with Crippen LogP contribution in [0.4, 0.5) is 0 Å². The van der Waals surface area contributed by atoms with Gasteiger partial charge in [-0.05, 0) is 12.5 Å². The molecule has 4 atom stereocenters. The number of nitrogens with one attached hydrogen (secondary N) is 2. The molecule has 4 unspecified atom stereocenters. The fourth-order valence-electron chi connectivity index (χ4n) is 2.33. The number of primary amides is 1. The van der Waals surface area contributed by atoms with Crippen LogP contribution >= 0.6 is 0 Å². The first-order valence-corrected chi connectivity index (χ1v) is 9.79. The Bertz CT molecular complexity index is 802. The van der Waals surface area contributed by atoms with E-state index in [0.717, 1.165) is 5.56 Å². The van der Waals surface area contributed by atoms with E-state index in [9.17, 15) is 24.0 Å². The van der Waals surface area contributed by atoms with E-state index in [4.69, 9.17) is 31.9 Å². The number of aliphatic carboxylic acids is 2. The van der Waals surface area contributed by atoms with Crippen LogP contribution in [-0.2, 0) is 30.4 Å². The second-order valence-corrected chi connectivity index (χ2v) is 7.06. The van der Waals surface area contributed by atoms with Crippen LogP contribution in [0.1, 0.15) is 25.3 Å². The number of aliphatic hydroxyl groups is 2. The van der Waals surface area contributed by atoms with E-state index in [-0.39, 0.29) is 12.8 Å². The molecule has 0 aliphatic rings. The van der Waals surface area contributed by atoms with E-state index in [1.807, 2.05) is 6.07 Å². The van der Waals surface area contributed by atoms with Crippen molar-refractivity contribution in [1.29, 1.82) is 0 Å². The third-order valence-electron chi connectivity index (χ3n) is 3.95. The number of carboxylic acids is 2. The first kappa shape index (κ1) is 29.5. The summed E-state index contributed by atoms with van der Waals surface area (Å²) in [5.74, 6) is -4.62. The van der Waals surface area contributed by atoms with E-state index in [1.165, 1.54) is 6.92 Å². The van der Waals surface area contributed by atoms with Crippen LogP contribution < -0.4 is 22.1 Å². The van der Waals surface area contributed by atoms with E-state index in [0.29, 0.717) is 0 Å². The number of benzene rings is 1. The molecule has 3 amide bonds. The molecule has 0 aliphatic heterocycles. The first-order chi connectivity index (χ1) is 15.4. The predicted octanol–water partition coefficient (Wildman–Crippen LogP) is -2.68. The Hall–Kier alpha value is -3.55. The van der Waals surface area contributed by atoms with Gasteiger partial charge < -0.3 is 42.5 Å². The standard InChI is InChI=1S/C12H16N2O4.C8H14N2O5/c13-9(7-15)11(16)14-10(12(17)18)6-8-4-2-1-3-5-8;1-4(11)2-7(13)10-5(8(14)15)3-6(9)12/h1-5,9-10,15H,6-7,13H2,(H,14,16)(H,17,18);4-5,11H,2-3H2,1H3,(H2,9,12)(H,10,13)(H,14,15). The van der Waals surface area contributed by atoms with Gasteiger partial charge in [0.25, 0.3) is 0 Å². The summed E-state index contributed by atoms with van der Waals surface area (Å²) in [5, 5.41) is 39.6. The largest absolute Gasteiger partial charge is 0.480 e. The fraction of sp³-hybridized carbons (Fsp3) is 0.450. The van der Waals surface area contributed by atoms with Crippen LogP contribution in [0.15, 0.2) is 30.3 Å². The summed E-state index contributed by atoms with van der Waals surface area (Å²) in [4.78, 5) is 54.6. The van der Waals surface area contributed by atoms with Gasteiger partial charge in [0.1, 0.15) is 18.1 Å². The van der Waals surface area contributed by atoms with Crippen LogP contribution in [-0.4, -0.2) is 80.9 Å². The molecule has 13 nitrogen and oxygen atoms in total. The normalized spacial score (nSPS) is 13.8. The third-order valence-corrected chi connectivity index (χ3v) is 3.95. The molecule has 0 radical (unpaired) electrons. The van der Waals surface area contributed by atoms with Crippen LogP contribution in [0.25, 0.3) is 0 Å². The minimum Gasteiger partial charge on any atom is -0.480 e. The number of aliphatic hydroxyl groups excluding tert-OH is 2. The summed E-state index contributed by atoms with van der Waals surface area (Å²) < 4.78 is 0. The molecule has 0 fully saturated rings. The Labute approximate surface area is 189 Å². The van der Waals surface area contributed by atoms with Crippen molar-refractivity contribution in [3.8, 4) is 0 Å². The highest BCUT2D eigenvalue weighted by Gasteiger charge is 2.23. The Morgan fingerprint density at radius 2 is 1.48 bits per heavy atom. The SMILES string of the molecule is CC(O)CC(=O)NC(CC(N)=O)C(=O)O.NC(CO)C(=O)NC(Cc1ccccc1)C(=O)O. The Morgan fingerprint density at radius 1 is 0.939 bits per heavy atom. The molecule has 0 aliphatic carbocycles. The highest BCUT2D eigenvalue weighted by Crippen LogP contribution is 2.03. The zero-order valence-electron chi connectivity index (χ0n) is 18.0. The van der Waals surface area contributed by atoms with Gasteiger partial charge in [0.15, 0.2) is 0 Å². The number of nitrogens with two attached hydrogens (primary N) is 2. The molecule has 1 aromatic rings.